The zero-order chi connectivity index (χ0) is 15.1. The first-order valence-corrected chi connectivity index (χ1v) is 6.38. The first kappa shape index (κ1) is 15.7. The van der Waals surface area contributed by atoms with Crippen molar-refractivity contribution in [1.29, 1.82) is 0 Å². The molecule has 0 atom stereocenters. The molecule has 0 unspecified atom stereocenters. The van der Waals surface area contributed by atoms with Crippen LogP contribution in [0.25, 0.3) is 0 Å². The zero-order valence-corrected chi connectivity index (χ0v) is 11.5. The second-order valence-electron chi connectivity index (χ2n) is 4.20. The molecule has 0 spiro atoms. The molecule has 0 aliphatic rings. The highest BCUT2D eigenvalue weighted by atomic mass is 16.4. The van der Waals surface area contributed by atoms with Gasteiger partial charge in [0.2, 0.25) is 5.91 Å². The van der Waals surface area contributed by atoms with Crippen molar-refractivity contribution in [2.75, 3.05) is 18.4 Å². The van der Waals surface area contributed by atoms with E-state index in [1.807, 2.05) is 0 Å². The van der Waals surface area contributed by atoms with E-state index in [1.165, 1.54) is 4.90 Å². The summed E-state index contributed by atoms with van der Waals surface area (Å²) in [6.07, 6.45) is 0.346. The molecule has 0 aliphatic heterocycles. The molecule has 0 heterocycles. The van der Waals surface area contributed by atoms with Gasteiger partial charge in [0.15, 0.2) is 0 Å². The maximum Gasteiger partial charge on any atom is 0.323 e. The standard InChI is InChI=1S/C14H18N2O4/c1-3-12(17)15-11-7-5-6-10(8-11)14(20)16(4-2)9-13(18)19/h5-8H,3-4,9H2,1-2H3,(H,15,17)(H,18,19). The number of nitrogens with one attached hydrogen (secondary N) is 1. The number of anilines is 1. The topological polar surface area (TPSA) is 86.7 Å². The van der Waals surface area contributed by atoms with E-state index in [4.69, 9.17) is 5.11 Å². The maximum absolute atomic E-state index is 12.2. The van der Waals surface area contributed by atoms with Gasteiger partial charge in [-0.25, -0.2) is 0 Å². The van der Waals surface area contributed by atoms with Gasteiger partial charge in [0, 0.05) is 24.2 Å². The van der Waals surface area contributed by atoms with Crippen LogP contribution < -0.4 is 5.32 Å². The van der Waals surface area contributed by atoms with E-state index in [0.29, 0.717) is 24.2 Å². The Morgan fingerprint density at radius 3 is 2.50 bits per heavy atom. The molecular weight excluding hydrogens is 260 g/mol. The molecule has 1 aromatic rings. The van der Waals surface area contributed by atoms with Gasteiger partial charge in [0.05, 0.1) is 0 Å². The summed E-state index contributed by atoms with van der Waals surface area (Å²) in [5.74, 6) is -1.58. The second-order valence-corrected chi connectivity index (χ2v) is 4.20. The number of carbonyl (C=O) groups is 3. The fraction of sp³-hybridized carbons (Fsp3) is 0.357. The van der Waals surface area contributed by atoms with Crippen molar-refractivity contribution in [3.05, 3.63) is 29.8 Å². The molecule has 0 aliphatic carbocycles. The van der Waals surface area contributed by atoms with Gasteiger partial charge in [-0.05, 0) is 25.1 Å². The van der Waals surface area contributed by atoms with Crippen LogP contribution in [-0.4, -0.2) is 40.9 Å². The molecule has 6 heteroatoms. The lowest BCUT2D eigenvalue weighted by Crippen LogP contribution is -2.35. The number of benzene rings is 1. The Morgan fingerprint density at radius 1 is 1.25 bits per heavy atom. The Labute approximate surface area is 117 Å². The van der Waals surface area contributed by atoms with Crippen LogP contribution in [0.15, 0.2) is 24.3 Å². The van der Waals surface area contributed by atoms with Gasteiger partial charge in [-0.2, -0.15) is 0 Å². The molecule has 20 heavy (non-hydrogen) atoms. The van der Waals surface area contributed by atoms with Crippen molar-refractivity contribution in [1.82, 2.24) is 4.90 Å². The molecule has 0 bridgehead atoms. The van der Waals surface area contributed by atoms with Crippen molar-refractivity contribution < 1.29 is 19.5 Å². The highest BCUT2D eigenvalue weighted by Crippen LogP contribution is 2.13. The van der Waals surface area contributed by atoms with Crippen LogP contribution in [0.5, 0.6) is 0 Å². The third kappa shape index (κ3) is 4.38. The number of hydrogen-bond acceptors (Lipinski definition) is 3. The van der Waals surface area contributed by atoms with Crippen molar-refractivity contribution in [3.63, 3.8) is 0 Å². The molecular formula is C14H18N2O4. The Hall–Kier alpha value is -2.37. The van der Waals surface area contributed by atoms with E-state index < -0.39 is 5.97 Å². The molecule has 1 rings (SSSR count). The number of aliphatic carboxylic acids is 1. The fourth-order valence-corrected chi connectivity index (χ4v) is 1.65. The highest BCUT2D eigenvalue weighted by Gasteiger charge is 2.17. The van der Waals surface area contributed by atoms with Crippen molar-refractivity contribution in [3.8, 4) is 0 Å². The zero-order valence-electron chi connectivity index (χ0n) is 11.5. The van der Waals surface area contributed by atoms with E-state index in [9.17, 15) is 14.4 Å². The first-order valence-electron chi connectivity index (χ1n) is 6.38. The van der Waals surface area contributed by atoms with Crippen LogP contribution in [-0.2, 0) is 9.59 Å². The van der Waals surface area contributed by atoms with E-state index in [1.54, 1.807) is 38.1 Å². The molecule has 0 fully saturated rings. The van der Waals surface area contributed by atoms with Crippen LogP contribution in [0.2, 0.25) is 0 Å². The number of hydrogen-bond donors (Lipinski definition) is 2. The molecule has 2 N–H and O–H groups in total. The number of carboxylic acids is 1. The van der Waals surface area contributed by atoms with Gasteiger partial charge in [0.25, 0.3) is 5.91 Å². The molecule has 1 aromatic carbocycles. The summed E-state index contributed by atoms with van der Waals surface area (Å²) in [6, 6.07) is 6.46. The minimum atomic E-state index is -1.06. The normalized spacial score (nSPS) is 9.90. The predicted octanol–water partition coefficient (Wildman–Crippen LogP) is 1.58. The van der Waals surface area contributed by atoms with E-state index >= 15 is 0 Å². The van der Waals surface area contributed by atoms with Crippen LogP contribution in [0.1, 0.15) is 30.6 Å². The summed E-state index contributed by atoms with van der Waals surface area (Å²) >= 11 is 0. The summed E-state index contributed by atoms with van der Waals surface area (Å²) in [7, 11) is 0. The fourth-order valence-electron chi connectivity index (χ4n) is 1.65. The lowest BCUT2D eigenvalue weighted by atomic mass is 10.1. The van der Waals surface area contributed by atoms with Crippen LogP contribution in [0.4, 0.5) is 5.69 Å². The molecule has 0 saturated carbocycles. The third-order valence-electron chi connectivity index (χ3n) is 2.71. The summed E-state index contributed by atoms with van der Waals surface area (Å²) < 4.78 is 0. The largest absolute Gasteiger partial charge is 0.480 e. The lowest BCUT2D eigenvalue weighted by molar-refractivity contribution is -0.137. The number of likely N-dealkylation sites (N-methyl/N-ethyl adjacent to an activating group) is 1. The molecule has 0 saturated heterocycles. The van der Waals surface area contributed by atoms with Gasteiger partial charge in [-0.15, -0.1) is 0 Å². The van der Waals surface area contributed by atoms with Gasteiger partial charge in [-0.3, -0.25) is 14.4 Å². The number of carbonyl (C=O) groups excluding carboxylic acids is 2. The van der Waals surface area contributed by atoms with E-state index in [2.05, 4.69) is 5.32 Å². The van der Waals surface area contributed by atoms with Gasteiger partial charge in [-0.1, -0.05) is 13.0 Å². The van der Waals surface area contributed by atoms with E-state index in [0.717, 1.165) is 0 Å². The number of nitrogens with zero attached hydrogens (tertiary/aromatic N) is 1. The van der Waals surface area contributed by atoms with Gasteiger partial charge >= 0.3 is 5.97 Å². The Morgan fingerprint density at radius 2 is 1.95 bits per heavy atom. The SMILES string of the molecule is CCC(=O)Nc1cccc(C(=O)N(CC)CC(=O)O)c1. The highest BCUT2D eigenvalue weighted by molar-refractivity contribution is 5.98. The lowest BCUT2D eigenvalue weighted by Gasteiger charge is -2.18. The number of rotatable bonds is 6. The first-order chi connectivity index (χ1) is 9.47. The van der Waals surface area contributed by atoms with Crippen LogP contribution >= 0.6 is 0 Å². The van der Waals surface area contributed by atoms with Crippen molar-refractivity contribution >= 4 is 23.5 Å². The van der Waals surface area contributed by atoms with Gasteiger partial charge in [0.1, 0.15) is 6.54 Å². The Kier molecular flexibility index (Phi) is 5.71. The van der Waals surface area contributed by atoms with Crippen LogP contribution in [0, 0.1) is 0 Å². The van der Waals surface area contributed by atoms with E-state index in [-0.39, 0.29) is 18.4 Å². The second kappa shape index (κ2) is 7.28. The molecule has 0 radical (unpaired) electrons. The van der Waals surface area contributed by atoms with Crippen molar-refractivity contribution in [2.45, 2.75) is 20.3 Å². The molecule has 6 nitrogen and oxygen atoms in total. The molecule has 2 amide bonds. The molecule has 0 aromatic heterocycles. The smallest absolute Gasteiger partial charge is 0.323 e. The summed E-state index contributed by atoms with van der Waals surface area (Å²) in [4.78, 5) is 35.4. The van der Waals surface area contributed by atoms with Crippen molar-refractivity contribution in [2.24, 2.45) is 0 Å². The van der Waals surface area contributed by atoms with Gasteiger partial charge < -0.3 is 15.3 Å². The quantitative estimate of drug-likeness (QED) is 0.827. The summed E-state index contributed by atoms with van der Waals surface area (Å²) in [6.45, 7) is 3.40. The summed E-state index contributed by atoms with van der Waals surface area (Å²) in [5, 5.41) is 11.4. The summed E-state index contributed by atoms with van der Waals surface area (Å²) in [5.41, 5.74) is 0.871. The molecule has 108 valence electrons. The minimum Gasteiger partial charge on any atom is -0.480 e. The average molecular weight is 278 g/mol. The number of amides is 2. The average Bonchev–Trinajstić information content (AvgIpc) is 2.43. The minimum absolute atomic E-state index is 0.146. The van der Waals surface area contributed by atoms with Crippen LogP contribution in [0.3, 0.4) is 0 Å². The Balaban J connectivity index is 2.89. The number of carboxylic acid groups (broad SMARTS) is 1. The predicted molar refractivity (Wildman–Crippen MR) is 74.6 cm³/mol. The maximum atomic E-state index is 12.2. The Bertz CT molecular complexity index is 514. The third-order valence-corrected chi connectivity index (χ3v) is 2.71. The monoisotopic (exact) mass is 278 g/mol.